The van der Waals surface area contributed by atoms with Crippen LogP contribution >= 0.6 is 0 Å². The Bertz CT molecular complexity index is 645. The van der Waals surface area contributed by atoms with E-state index in [1.807, 2.05) is 6.07 Å². The number of aliphatic imine (C=N–C) groups is 1. The lowest BCUT2D eigenvalue weighted by Crippen LogP contribution is -2.41. The topological polar surface area (TPSA) is 72.0 Å². The van der Waals surface area contributed by atoms with Gasteiger partial charge in [-0.2, -0.15) is 0 Å². The van der Waals surface area contributed by atoms with Gasteiger partial charge in [-0.3, -0.25) is 9.79 Å². The molecule has 1 aliphatic heterocycles. The van der Waals surface area contributed by atoms with Crippen LogP contribution in [-0.4, -0.2) is 45.3 Å². The van der Waals surface area contributed by atoms with Crippen molar-refractivity contribution in [2.45, 2.75) is 38.5 Å². The van der Waals surface area contributed by atoms with Gasteiger partial charge in [0.25, 0.3) is 0 Å². The minimum absolute atomic E-state index is 0.110. The Morgan fingerprint density at radius 3 is 3.12 bits per heavy atom. The molecule has 2 N–H and O–H groups in total. The lowest BCUT2D eigenvalue weighted by atomic mass is 9.82. The van der Waals surface area contributed by atoms with Crippen molar-refractivity contribution in [3.63, 3.8) is 0 Å². The van der Waals surface area contributed by atoms with Crippen molar-refractivity contribution in [3.05, 3.63) is 29.3 Å². The molecule has 142 valence electrons. The number of ether oxygens (including phenoxy) is 2. The van der Waals surface area contributed by atoms with Gasteiger partial charge in [-0.25, -0.2) is 0 Å². The van der Waals surface area contributed by atoms with E-state index in [9.17, 15) is 4.79 Å². The average Bonchev–Trinajstić information content (AvgIpc) is 2.68. The lowest BCUT2D eigenvalue weighted by molar-refractivity contribution is -0.141. The molecule has 0 fully saturated rings. The number of fused-ring (bicyclic) bond motifs is 1. The van der Waals surface area contributed by atoms with Crippen LogP contribution in [0.25, 0.3) is 0 Å². The molecule has 0 radical (unpaired) electrons. The fourth-order valence-corrected chi connectivity index (χ4v) is 3.51. The number of nitrogens with one attached hydrogen (secondary N) is 2. The molecular formula is C20H29N3O3. The van der Waals surface area contributed by atoms with Crippen LogP contribution in [0, 0.1) is 5.92 Å². The Morgan fingerprint density at radius 2 is 2.31 bits per heavy atom. The highest BCUT2D eigenvalue weighted by Crippen LogP contribution is 2.30. The molecule has 6 nitrogen and oxygen atoms in total. The number of hydrogen-bond acceptors (Lipinski definition) is 6. The molecule has 1 aromatic rings. The van der Waals surface area contributed by atoms with Crippen molar-refractivity contribution in [2.75, 3.05) is 33.4 Å². The van der Waals surface area contributed by atoms with Crippen molar-refractivity contribution < 1.29 is 14.3 Å². The maximum Gasteiger partial charge on any atom is 0.305 e. The van der Waals surface area contributed by atoms with E-state index in [1.165, 1.54) is 18.2 Å². The Morgan fingerprint density at radius 1 is 1.38 bits per heavy atom. The Kier molecular flexibility index (Phi) is 6.75. The summed E-state index contributed by atoms with van der Waals surface area (Å²) in [6.45, 7) is 3.44. The number of aryl methyl sites for hydroxylation is 1. The SMILES string of the molecule is COC(=O)CC1CCc2cc(OCCCNC3=NCCCN3)ccc2C1. The molecule has 3 rings (SSSR count). The lowest BCUT2D eigenvalue weighted by Gasteiger charge is -2.24. The summed E-state index contributed by atoms with van der Waals surface area (Å²) in [6, 6.07) is 6.34. The molecule has 1 unspecified atom stereocenters. The number of methoxy groups -OCH3 is 1. The normalized spacial score (nSPS) is 19.0. The summed E-state index contributed by atoms with van der Waals surface area (Å²) in [5.74, 6) is 2.13. The zero-order valence-electron chi connectivity index (χ0n) is 15.6. The third kappa shape index (κ3) is 5.38. The van der Waals surface area contributed by atoms with Crippen LogP contribution in [-0.2, 0) is 22.4 Å². The second kappa shape index (κ2) is 9.46. The quantitative estimate of drug-likeness (QED) is 0.576. The smallest absolute Gasteiger partial charge is 0.305 e. The third-order valence-electron chi connectivity index (χ3n) is 4.97. The number of carbonyl (C=O) groups excluding carboxylic acids is 1. The minimum atomic E-state index is -0.110. The van der Waals surface area contributed by atoms with Gasteiger partial charge in [0.05, 0.1) is 13.7 Å². The molecule has 0 aromatic heterocycles. The summed E-state index contributed by atoms with van der Waals surface area (Å²) < 4.78 is 10.7. The predicted molar refractivity (Wildman–Crippen MR) is 102 cm³/mol. The third-order valence-corrected chi connectivity index (χ3v) is 4.97. The van der Waals surface area contributed by atoms with Crippen molar-refractivity contribution in [3.8, 4) is 5.75 Å². The van der Waals surface area contributed by atoms with Gasteiger partial charge >= 0.3 is 5.97 Å². The first-order valence-electron chi connectivity index (χ1n) is 9.58. The monoisotopic (exact) mass is 359 g/mol. The van der Waals surface area contributed by atoms with E-state index in [0.717, 1.165) is 63.4 Å². The van der Waals surface area contributed by atoms with E-state index in [0.29, 0.717) is 18.9 Å². The standard InChI is InChI=1S/C20H29N3O3/c1-25-19(24)13-15-4-5-17-14-18(7-6-16(17)12-15)26-11-3-10-23-20-21-8-2-9-22-20/h6-7,14-15H,2-5,8-13H2,1H3,(H2,21,22,23). The van der Waals surface area contributed by atoms with Gasteiger partial charge in [0, 0.05) is 26.1 Å². The van der Waals surface area contributed by atoms with Gasteiger partial charge in [-0.1, -0.05) is 6.07 Å². The second-order valence-corrected chi connectivity index (χ2v) is 6.96. The molecule has 0 amide bonds. The highest BCUT2D eigenvalue weighted by Gasteiger charge is 2.21. The molecular weight excluding hydrogens is 330 g/mol. The van der Waals surface area contributed by atoms with Crippen molar-refractivity contribution in [2.24, 2.45) is 10.9 Å². The summed E-state index contributed by atoms with van der Waals surface area (Å²) >= 11 is 0. The van der Waals surface area contributed by atoms with E-state index < -0.39 is 0 Å². The van der Waals surface area contributed by atoms with Gasteiger partial charge in [0.1, 0.15) is 5.75 Å². The number of carbonyl (C=O) groups is 1. The zero-order chi connectivity index (χ0) is 18.2. The van der Waals surface area contributed by atoms with Gasteiger partial charge < -0.3 is 20.1 Å². The van der Waals surface area contributed by atoms with Crippen LogP contribution in [0.5, 0.6) is 5.75 Å². The fourth-order valence-electron chi connectivity index (χ4n) is 3.51. The molecule has 2 aliphatic rings. The Balaban J connectivity index is 1.40. The highest BCUT2D eigenvalue weighted by atomic mass is 16.5. The molecule has 1 aromatic carbocycles. The van der Waals surface area contributed by atoms with E-state index in [-0.39, 0.29) is 5.97 Å². The number of esters is 1. The molecule has 1 atom stereocenters. The van der Waals surface area contributed by atoms with Crippen LogP contribution in [0.1, 0.15) is 36.8 Å². The predicted octanol–water partition coefficient (Wildman–Crippen LogP) is 2.06. The summed E-state index contributed by atoms with van der Waals surface area (Å²) in [5.41, 5.74) is 2.68. The Hall–Kier alpha value is -2.24. The van der Waals surface area contributed by atoms with Crippen LogP contribution in [0.2, 0.25) is 0 Å². The van der Waals surface area contributed by atoms with Gasteiger partial charge in [-0.15, -0.1) is 0 Å². The number of rotatable bonds is 7. The van der Waals surface area contributed by atoms with Crippen LogP contribution < -0.4 is 15.4 Å². The number of hydrogen-bond donors (Lipinski definition) is 2. The van der Waals surface area contributed by atoms with E-state index in [1.54, 1.807) is 0 Å². The first kappa shape index (κ1) is 18.5. The summed E-state index contributed by atoms with van der Waals surface area (Å²) in [4.78, 5) is 15.8. The van der Waals surface area contributed by atoms with Crippen LogP contribution in [0.3, 0.4) is 0 Å². The molecule has 0 spiro atoms. The van der Waals surface area contributed by atoms with E-state index in [2.05, 4.69) is 27.8 Å². The average molecular weight is 359 g/mol. The first-order chi connectivity index (χ1) is 12.7. The number of guanidine groups is 1. The highest BCUT2D eigenvalue weighted by molar-refractivity contribution is 5.80. The minimum Gasteiger partial charge on any atom is -0.494 e. The maximum absolute atomic E-state index is 11.5. The molecule has 26 heavy (non-hydrogen) atoms. The van der Waals surface area contributed by atoms with Crippen LogP contribution in [0.4, 0.5) is 0 Å². The van der Waals surface area contributed by atoms with Gasteiger partial charge in [-0.05, 0) is 61.3 Å². The molecule has 1 heterocycles. The Labute approximate surface area is 155 Å². The second-order valence-electron chi connectivity index (χ2n) is 6.96. The van der Waals surface area contributed by atoms with Crippen molar-refractivity contribution in [1.82, 2.24) is 10.6 Å². The summed E-state index contributed by atoms with van der Waals surface area (Å²) in [5, 5.41) is 6.55. The van der Waals surface area contributed by atoms with Gasteiger partial charge in [0.2, 0.25) is 0 Å². The summed E-state index contributed by atoms with van der Waals surface area (Å²) in [6.07, 6.45) is 5.53. The summed E-state index contributed by atoms with van der Waals surface area (Å²) in [7, 11) is 1.46. The zero-order valence-corrected chi connectivity index (χ0v) is 15.6. The number of benzene rings is 1. The van der Waals surface area contributed by atoms with Crippen molar-refractivity contribution >= 4 is 11.9 Å². The molecule has 6 heteroatoms. The molecule has 0 saturated carbocycles. The largest absolute Gasteiger partial charge is 0.494 e. The number of nitrogens with zero attached hydrogens (tertiary/aromatic N) is 1. The van der Waals surface area contributed by atoms with Gasteiger partial charge in [0.15, 0.2) is 5.96 Å². The molecule has 0 saturated heterocycles. The van der Waals surface area contributed by atoms with E-state index >= 15 is 0 Å². The maximum atomic E-state index is 11.5. The van der Waals surface area contributed by atoms with E-state index in [4.69, 9.17) is 9.47 Å². The van der Waals surface area contributed by atoms with Crippen molar-refractivity contribution in [1.29, 1.82) is 0 Å². The first-order valence-corrected chi connectivity index (χ1v) is 9.58. The molecule has 0 bridgehead atoms. The van der Waals surface area contributed by atoms with Crippen LogP contribution in [0.15, 0.2) is 23.2 Å². The molecule has 1 aliphatic carbocycles. The fraction of sp³-hybridized carbons (Fsp3) is 0.600.